The van der Waals surface area contributed by atoms with E-state index >= 15 is 0 Å². The van der Waals surface area contributed by atoms with Crippen LogP contribution in [-0.4, -0.2) is 16.9 Å². The topological polar surface area (TPSA) is 72.2 Å². The van der Waals surface area contributed by atoms with Crippen LogP contribution in [0.1, 0.15) is 29.6 Å². The van der Waals surface area contributed by atoms with Crippen molar-refractivity contribution >= 4 is 23.2 Å². The Hall–Kier alpha value is -1.88. The molecule has 0 fully saturated rings. The van der Waals surface area contributed by atoms with Gasteiger partial charge in [-0.2, -0.15) is 0 Å². The lowest BCUT2D eigenvalue weighted by atomic mass is 10.0. The van der Waals surface area contributed by atoms with Gasteiger partial charge in [0, 0.05) is 18.2 Å². The van der Waals surface area contributed by atoms with E-state index in [1.54, 1.807) is 0 Å². The largest absolute Gasteiger partial charge is 0.349 e. The second kappa shape index (κ2) is 5.84. The summed E-state index contributed by atoms with van der Waals surface area (Å²) in [4.78, 5) is 22.1. The molecule has 0 aliphatic heterocycles. The summed E-state index contributed by atoms with van der Waals surface area (Å²) in [5.41, 5.74) is 0.143. The van der Waals surface area contributed by atoms with Crippen LogP contribution in [0.4, 0.5) is 5.69 Å². The molecule has 2 rings (SSSR count). The molecule has 1 unspecified atom stereocenters. The summed E-state index contributed by atoms with van der Waals surface area (Å²) >= 11 is 5.91. The number of benzene rings is 1. The molecule has 0 radical (unpaired) electrons. The second-order valence-corrected chi connectivity index (χ2v) is 4.78. The Morgan fingerprint density at radius 3 is 2.79 bits per heavy atom. The minimum absolute atomic E-state index is 0.0954. The molecule has 1 amide bonds. The molecule has 5 nitrogen and oxygen atoms in total. The van der Waals surface area contributed by atoms with Crippen molar-refractivity contribution in [1.29, 1.82) is 0 Å². The summed E-state index contributed by atoms with van der Waals surface area (Å²) in [5, 5.41) is 13.6. The fourth-order valence-corrected chi connectivity index (χ4v) is 2.25. The summed E-state index contributed by atoms with van der Waals surface area (Å²) in [6, 6.07) is 3.96. The van der Waals surface area contributed by atoms with Crippen molar-refractivity contribution in [1.82, 2.24) is 5.32 Å². The lowest BCUT2D eigenvalue weighted by Crippen LogP contribution is -2.35. The molecule has 6 heteroatoms. The molecule has 1 aromatic rings. The third kappa shape index (κ3) is 3.32. The van der Waals surface area contributed by atoms with Crippen LogP contribution >= 0.6 is 11.6 Å². The number of halogens is 1. The van der Waals surface area contributed by atoms with Gasteiger partial charge in [0.1, 0.15) is 0 Å². The Labute approximate surface area is 115 Å². The smallest absolute Gasteiger partial charge is 0.270 e. The number of non-ortho nitro benzene ring substituents is 1. The molecule has 1 atom stereocenters. The SMILES string of the molecule is O=C(NC1CC=CCC1)c1ccc([N+](=O)[O-])cc1Cl. The maximum Gasteiger partial charge on any atom is 0.270 e. The molecule has 0 saturated carbocycles. The van der Waals surface area contributed by atoms with Crippen LogP contribution < -0.4 is 5.32 Å². The normalized spacial score (nSPS) is 18.1. The lowest BCUT2D eigenvalue weighted by molar-refractivity contribution is -0.384. The fourth-order valence-electron chi connectivity index (χ4n) is 1.99. The maximum atomic E-state index is 12.0. The number of carbonyl (C=O) groups is 1. The first kappa shape index (κ1) is 13.5. The van der Waals surface area contributed by atoms with Crippen LogP contribution in [-0.2, 0) is 0 Å². The summed E-state index contributed by atoms with van der Waals surface area (Å²) in [6.45, 7) is 0. The van der Waals surface area contributed by atoms with E-state index in [1.165, 1.54) is 18.2 Å². The van der Waals surface area contributed by atoms with Crippen molar-refractivity contribution in [3.8, 4) is 0 Å². The Balaban J connectivity index is 2.10. The zero-order valence-corrected chi connectivity index (χ0v) is 10.9. The Morgan fingerprint density at radius 2 is 2.21 bits per heavy atom. The summed E-state index contributed by atoms with van der Waals surface area (Å²) in [7, 11) is 0. The maximum absolute atomic E-state index is 12.0. The highest BCUT2D eigenvalue weighted by Gasteiger charge is 2.18. The van der Waals surface area contributed by atoms with Crippen LogP contribution in [0.25, 0.3) is 0 Å². The molecule has 1 N–H and O–H groups in total. The van der Waals surface area contributed by atoms with Gasteiger partial charge in [-0.25, -0.2) is 0 Å². The average Bonchev–Trinajstić information content (AvgIpc) is 2.39. The van der Waals surface area contributed by atoms with Gasteiger partial charge < -0.3 is 5.32 Å². The van der Waals surface area contributed by atoms with Gasteiger partial charge in [-0.15, -0.1) is 0 Å². The zero-order chi connectivity index (χ0) is 13.8. The standard InChI is InChI=1S/C13H13ClN2O3/c14-12-8-10(16(18)19)6-7-11(12)13(17)15-9-4-2-1-3-5-9/h1-2,6-9H,3-5H2,(H,15,17). The molecule has 1 aliphatic rings. The highest BCUT2D eigenvalue weighted by molar-refractivity contribution is 6.34. The van der Waals surface area contributed by atoms with Crippen molar-refractivity contribution in [2.75, 3.05) is 0 Å². The number of hydrogen-bond acceptors (Lipinski definition) is 3. The molecule has 100 valence electrons. The highest BCUT2D eigenvalue weighted by atomic mass is 35.5. The number of rotatable bonds is 3. The fraction of sp³-hybridized carbons (Fsp3) is 0.308. The van der Waals surface area contributed by atoms with Crippen molar-refractivity contribution in [3.63, 3.8) is 0 Å². The number of allylic oxidation sites excluding steroid dienone is 1. The van der Waals surface area contributed by atoms with E-state index in [9.17, 15) is 14.9 Å². The predicted octanol–water partition coefficient (Wildman–Crippen LogP) is 3.09. The van der Waals surface area contributed by atoms with E-state index in [1.807, 2.05) is 6.08 Å². The molecule has 0 bridgehead atoms. The first-order valence-corrected chi connectivity index (χ1v) is 6.35. The van der Waals surface area contributed by atoms with Gasteiger partial charge in [0.25, 0.3) is 11.6 Å². The van der Waals surface area contributed by atoms with Gasteiger partial charge in [-0.3, -0.25) is 14.9 Å². The van der Waals surface area contributed by atoms with E-state index in [4.69, 9.17) is 11.6 Å². The van der Waals surface area contributed by atoms with Crippen LogP contribution in [0.2, 0.25) is 5.02 Å². The van der Waals surface area contributed by atoms with Gasteiger partial charge in [-0.1, -0.05) is 23.8 Å². The van der Waals surface area contributed by atoms with E-state index < -0.39 is 4.92 Å². The molecule has 1 aromatic carbocycles. The third-order valence-corrected chi connectivity index (χ3v) is 3.33. The quantitative estimate of drug-likeness (QED) is 0.525. The number of amides is 1. The molecular formula is C13H13ClN2O3. The first-order valence-electron chi connectivity index (χ1n) is 5.97. The third-order valence-electron chi connectivity index (χ3n) is 3.01. The minimum atomic E-state index is -0.542. The number of carbonyl (C=O) groups excluding carboxylic acids is 1. The Morgan fingerprint density at radius 1 is 1.42 bits per heavy atom. The Kier molecular flexibility index (Phi) is 4.16. The highest BCUT2D eigenvalue weighted by Crippen LogP contribution is 2.23. The number of nitrogens with one attached hydrogen (secondary N) is 1. The predicted molar refractivity (Wildman–Crippen MR) is 72.4 cm³/mol. The number of nitrogens with zero attached hydrogens (tertiary/aromatic N) is 1. The second-order valence-electron chi connectivity index (χ2n) is 4.38. The molecule has 0 aromatic heterocycles. The number of nitro groups is 1. The molecule has 0 spiro atoms. The summed E-state index contributed by atoms with van der Waals surface area (Å²) < 4.78 is 0. The van der Waals surface area contributed by atoms with Crippen molar-refractivity contribution in [3.05, 3.63) is 51.1 Å². The van der Waals surface area contributed by atoms with Crippen molar-refractivity contribution in [2.24, 2.45) is 0 Å². The van der Waals surface area contributed by atoms with E-state index in [0.717, 1.165) is 19.3 Å². The van der Waals surface area contributed by atoms with Crippen LogP contribution in [0, 0.1) is 10.1 Å². The van der Waals surface area contributed by atoms with Gasteiger partial charge in [0.15, 0.2) is 0 Å². The van der Waals surface area contributed by atoms with Crippen LogP contribution in [0.5, 0.6) is 0 Å². The Bertz CT molecular complexity index is 543. The molecule has 0 saturated heterocycles. The number of hydrogen-bond donors (Lipinski definition) is 1. The van der Waals surface area contributed by atoms with Crippen LogP contribution in [0.15, 0.2) is 30.4 Å². The average molecular weight is 281 g/mol. The molecular weight excluding hydrogens is 268 g/mol. The van der Waals surface area contributed by atoms with Gasteiger partial charge in [0.05, 0.1) is 15.5 Å². The molecule has 1 aliphatic carbocycles. The first-order chi connectivity index (χ1) is 9.08. The van der Waals surface area contributed by atoms with Gasteiger partial charge in [0.2, 0.25) is 0 Å². The van der Waals surface area contributed by atoms with Gasteiger partial charge in [-0.05, 0) is 25.3 Å². The van der Waals surface area contributed by atoms with Gasteiger partial charge >= 0.3 is 0 Å². The van der Waals surface area contributed by atoms with E-state index in [-0.39, 0.29) is 28.2 Å². The number of nitro benzene ring substituents is 1. The monoisotopic (exact) mass is 280 g/mol. The van der Waals surface area contributed by atoms with E-state index in [0.29, 0.717) is 0 Å². The summed E-state index contributed by atoms with van der Waals surface area (Å²) in [6.07, 6.45) is 6.76. The van der Waals surface area contributed by atoms with Crippen LogP contribution in [0.3, 0.4) is 0 Å². The van der Waals surface area contributed by atoms with Crippen molar-refractivity contribution < 1.29 is 9.72 Å². The molecule has 19 heavy (non-hydrogen) atoms. The van der Waals surface area contributed by atoms with E-state index in [2.05, 4.69) is 11.4 Å². The summed E-state index contributed by atoms with van der Waals surface area (Å²) in [5.74, 6) is -0.291. The lowest BCUT2D eigenvalue weighted by Gasteiger charge is -2.19. The minimum Gasteiger partial charge on any atom is -0.349 e. The zero-order valence-electron chi connectivity index (χ0n) is 10.1. The molecule has 0 heterocycles. The van der Waals surface area contributed by atoms with Crippen molar-refractivity contribution in [2.45, 2.75) is 25.3 Å².